The standard InChI is InChI=1S/C18H20ClN3O2S/c1-18-7-9-5-14-15(12(8-18)17(9)22(18)25(2,23)24)16(20)11-4-3-10(19)6-13(11)21-14/h3-4,6,9,12,17H,5,7-8H2,1-2H3,(H2,20,21)/t9-,12-,17+,18-/m1/s1. The molecular weight excluding hydrogens is 358 g/mol. The fourth-order valence-corrected chi connectivity index (χ4v) is 7.70. The van der Waals surface area contributed by atoms with Crippen LogP contribution < -0.4 is 5.73 Å². The number of pyridine rings is 1. The molecule has 3 heterocycles. The Bertz CT molecular complexity index is 1040. The average molecular weight is 378 g/mol. The molecule has 7 heteroatoms. The Hall–Kier alpha value is -1.37. The number of sulfonamides is 1. The molecule has 4 atom stereocenters. The van der Waals surface area contributed by atoms with Crippen LogP contribution in [0.2, 0.25) is 5.02 Å². The molecule has 1 aliphatic carbocycles. The third-order valence-electron chi connectivity index (χ3n) is 6.35. The lowest BCUT2D eigenvalue weighted by Crippen LogP contribution is -2.43. The van der Waals surface area contributed by atoms with Crippen molar-refractivity contribution in [3.05, 3.63) is 34.5 Å². The van der Waals surface area contributed by atoms with Gasteiger partial charge in [-0.1, -0.05) is 11.6 Å². The van der Waals surface area contributed by atoms with Crippen molar-refractivity contribution in [1.82, 2.24) is 9.29 Å². The first-order valence-corrected chi connectivity index (χ1v) is 10.8. The van der Waals surface area contributed by atoms with E-state index in [-0.39, 0.29) is 17.5 Å². The van der Waals surface area contributed by atoms with Crippen LogP contribution in [0.5, 0.6) is 0 Å². The summed E-state index contributed by atoms with van der Waals surface area (Å²) in [7, 11) is -3.25. The molecule has 2 fully saturated rings. The van der Waals surface area contributed by atoms with Crippen molar-refractivity contribution in [2.24, 2.45) is 5.92 Å². The molecule has 2 aromatic rings. The number of nitrogen functional groups attached to an aromatic ring is 1. The SMILES string of the molecule is C[C@@]12C[C@H]3Cc4nc5cc(Cl)ccc5c(N)c4[C@@H](C1)[C@H]3N2S(C)(=O)=O. The predicted octanol–water partition coefficient (Wildman–Crippen LogP) is 2.92. The van der Waals surface area contributed by atoms with Crippen LogP contribution in [0.3, 0.4) is 0 Å². The molecule has 0 radical (unpaired) electrons. The average Bonchev–Trinajstić information content (AvgIpc) is 2.94. The van der Waals surface area contributed by atoms with Gasteiger partial charge in [0.1, 0.15) is 0 Å². The molecule has 132 valence electrons. The smallest absolute Gasteiger partial charge is 0.211 e. The van der Waals surface area contributed by atoms with Crippen LogP contribution in [0.4, 0.5) is 5.69 Å². The molecule has 5 rings (SSSR count). The first-order valence-electron chi connectivity index (χ1n) is 8.56. The molecule has 0 saturated carbocycles. The van der Waals surface area contributed by atoms with Crippen LogP contribution in [0.25, 0.3) is 10.9 Å². The summed E-state index contributed by atoms with van der Waals surface area (Å²) in [5.74, 6) is 0.448. The van der Waals surface area contributed by atoms with Crippen LogP contribution in [0.15, 0.2) is 18.2 Å². The second kappa shape index (κ2) is 4.67. The Morgan fingerprint density at radius 2 is 2.12 bits per heavy atom. The van der Waals surface area contributed by atoms with Crippen LogP contribution in [0.1, 0.15) is 36.9 Å². The van der Waals surface area contributed by atoms with E-state index < -0.39 is 10.0 Å². The van der Waals surface area contributed by atoms with Crippen molar-refractivity contribution in [3.8, 4) is 0 Å². The first-order chi connectivity index (χ1) is 11.7. The van der Waals surface area contributed by atoms with E-state index >= 15 is 0 Å². The lowest BCUT2D eigenvalue weighted by Gasteiger charge is -2.37. The summed E-state index contributed by atoms with van der Waals surface area (Å²) in [4.78, 5) is 4.85. The van der Waals surface area contributed by atoms with Crippen LogP contribution in [-0.2, 0) is 16.4 Å². The molecule has 2 bridgehead atoms. The summed E-state index contributed by atoms with van der Waals surface area (Å²) in [5.41, 5.74) is 9.90. The maximum absolute atomic E-state index is 12.4. The van der Waals surface area contributed by atoms with Crippen LogP contribution >= 0.6 is 11.6 Å². The quantitative estimate of drug-likeness (QED) is 0.828. The number of nitrogens with zero attached hydrogens (tertiary/aromatic N) is 2. The van der Waals surface area contributed by atoms with Crippen LogP contribution in [0, 0.1) is 5.92 Å². The second-order valence-electron chi connectivity index (χ2n) is 8.07. The minimum Gasteiger partial charge on any atom is -0.398 e. The highest BCUT2D eigenvalue weighted by molar-refractivity contribution is 7.88. The highest BCUT2D eigenvalue weighted by atomic mass is 35.5. The van der Waals surface area contributed by atoms with Gasteiger partial charge in [-0.05, 0) is 50.3 Å². The largest absolute Gasteiger partial charge is 0.398 e. The molecule has 1 aromatic heterocycles. The third-order valence-corrected chi connectivity index (χ3v) is 7.98. The summed E-state index contributed by atoms with van der Waals surface area (Å²) >= 11 is 6.11. The Morgan fingerprint density at radius 1 is 1.36 bits per heavy atom. The molecule has 2 saturated heterocycles. The van der Waals surface area contributed by atoms with Crippen LogP contribution in [-0.4, -0.2) is 35.5 Å². The van der Waals surface area contributed by atoms with Gasteiger partial charge in [-0.25, -0.2) is 8.42 Å². The van der Waals surface area contributed by atoms with Crippen molar-refractivity contribution in [1.29, 1.82) is 0 Å². The molecule has 1 aromatic carbocycles. The van der Waals surface area contributed by atoms with Crippen molar-refractivity contribution in [2.75, 3.05) is 12.0 Å². The Kier molecular flexibility index (Phi) is 2.96. The summed E-state index contributed by atoms with van der Waals surface area (Å²) in [6, 6.07) is 5.60. The monoisotopic (exact) mass is 377 g/mol. The van der Waals surface area contributed by atoms with Gasteiger partial charge in [-0.15, -0.1) is 0 Å². The predicted molar refractivity (Wildman–Crippen MR) is 99.2 cm³/mol. The number of nitrogens with two attached hydrogens (primary N) is 1. The zero-order valence-corrected chi connectivity index (χ0v) is 15.7. The fourth-order valence-electron chi connectivity index (χ4n) is 5.82. The van der Waals surface area contributed by atoms with Gasteiger partial charge in [0, 0.05) is 44.9 Å². The maximum atomic E-state index is 12.4. The normalized spacial score (nSPS) is 33.8. The zero-order valence-electron chi connectivity index (χ0n) is 14.2. The summed E-state index contributed by atoms with van der Waals surface area (Å²) in [6.45, 7) is 2.08. The highest BCUT2D eigenvalue weighted by Gasteiger charge is 2.64. The fraction of sp³-hybridized carbons (Fsp3) is 0.500. The van der Waals surface area contributed by atoms with Gasteiger partial charge >= 0.3 is 0 Å². The van der Waals surface area contributed by atoms with E-state index in [0.717, 1.165) is 47.1 Å². The number of hydrogen-bond donors (Lipinski definition) is 1. The van der Waals surface area contributed by atoms with Crippen molar-refractivity contribution >= 4 is 38.2 Å². The van der Waals surface area contributed by atoms with Gasteiger partial charge in [0.15, 0.2) is 0 Å². The number of halogens is 1. The molecule has 25 heavy (non-hydrogen) atoms. The lowest BCUT2D eigenvalue weighted by atomic mass is 9.67. The van der Waals surface area contributed by atoms with E-state index in [1.807, 2.05) is 18.2 Å². The number of hydrogen-bond acceptors (Lipinski definition) is 4. The topological polar surface area (TPSA) is 76.3 Å². The summed E-state index contributed by atoms with van der Waals surface area (Å²) < 4.78 is 26.7. The lowest BCUT2D eigenvalue weighted by molar-refractivity contribution is 0.291. The minimum absolute atomic E-state index is 0.0151. The first kappa shape index (κ1) is 15.9. The van der Waals surface area contributed by atoms with Gasteiger partial charge in [-0.3, -0.25) is 4.98 Å². The highest BCUT2D eigenvalue weighted by Crippen LogP contribution is 2.61. The van der Waals surface area contributed by atoms with Crippen molar-refractivity contribution < 1.29 is 8.42 Å². The van der Waals surface area contributed by atoms with Gasteiger partial charge < -0.3 is 5.73 Å². The van der Waals surface area contributed by atoms with Gasteiger partial charge in [0.05, 0.1) is 11.8 Å². The van der Waals surface area contributed by atoms with Crippen molar-refractivity contribution in [2.45, 2.75) is 43.7 Å². The van der Waals surface area contributed by atoms with Crippen molar-refractivity contribution in [3.63, 3.8) is 0 Å². The van der Waals surface area contributed by atoms with E-state index in [2.05, 4.69) is 6.92 Å². The number of anilines is 1. The number of aromatic nitrogens is 1. The number of fused-ring (bicyclic) bond motifs is 4. The Morgan fingerprint density at radius 3 is 2.80 bits per heavy atom. The van der Waals surface area contributed by atoms with Gasteiger partial charge in [0.25, 0.3) is 0 Å². The third kappa shape index (κ3) is 1.99. The second-order valence-corrected chi connectivity index (χ2v) is 10.4. The maximum Gasteiger partial charge on any atom is 0.211 e. The molecule has 3 aliphatic rings. The molecule has 5 nitrogen and oxygen atoms in total. The number of benzene rings is 1. The number of rotatable bonds is 1. The van der Waals surface area contributed by atoms with Gasteiger partial charge in [0.2, 0.25) is 10.0 Å². The zero-order chi connectivity index (χ0) is 17.7. The Balaban J connectivity index is 1.74. The van der Waals surface area contributed by atoms with E-state index in [1.54, 1.807) is 4.31 Å². The minimum atomic E-state index is -3.25. The molecule has 2 N–H and O–H groups in total. The molecule has 2 aliphatic heterocycles. The van der Waals surface area contributed by atoms with E-state index in [4.69, 9.17) is 22.3 Å². The molecule has 0 spiro atoms. The van der Waals surface area contributed by atoms with E-state index in [1.165, 1.54) is 6.26 Å². The molecule has 0 unspecified atom stereocenters. The van der Waals surface area contributed by atoms with E-state index in [9.17, 15) is 8.42 Å². The van der Waals surface area contributed by atoms with Gasteiger partial charge in [-0.2, -0.15) is 4.31 Å². The summed E-state index contributed by atoms with van der Waals surface area (Å²) in [5, 5.41) is 1.55. The molecule has 0 amide bonds. The van der Waals surface area contributed by atoms with E-state index in [0.29, 0.717) is 10.9 Å². The molecular formula is C18H20ClN3O2S. The Labute approximate surface area is 152 Å². The summed E-state index contributed by atoms with van der Waals surface area (Å²) in [6.07, 6.45) is 3.83.